The molecule has 4 aromatic heterocycles. The number of hydrogen-bond acceptors (Lipinski definition) is 8. The summed E-state index contributed by atoms with van der Waals surface area (Å²) in [5.41, 5.74) is 4.78. The Morgan fingerprint density at radius 1 is 1.08 bits per heavy atom. The summed E-state index contributed by atoms with van der Waals surface area (Å²) in [7, 11) is 0. The molecule has 9 nitrogen and oxygen atoms in total. The molecular weight excluding hydrogens is 480 g/mol. The highest BCUT2D eigenvalue weighted by atomic mass is 16.5. The Labute approximate surface area is 221 Å². The van der Waals surface area contributed by atoms with Crippen molar-refractivity contribution in [3.63, 3.8) is 0 Å². The molecule has 9 heteroatoms. The highest BCUT2D eigenvalue weighted by molar-refractivity contribution is 5.92. The molecule has 1 fully saturated rings. The molecule has 4 aromatic rings. The Balaban J connectivity index is 1.33. The lowest BCUT2D eigenvalue weighted by Gasteiger charge is -2.36. The summed E-state index contributed by atoms with van der Waals surface area (Å²) < 4.78 is 5.86. The smallest absolute Gasteiger partial charge is 0.270 e. The molecule has 1 aliphatic rings. The average Bonchev–Trinajstić information content (AvgIpc) is 2.91. The third-order valence-corrected chi connectivity index (χ3v) is 6.63. The Kier molecular flexibility index (Phi) is 7.31. The number of carbonyl (C=O) groups excluding carboxylic acids is 1. The molecule has 5 rings (SSSR count). The number of nitrogens with zero attached hydrogens (tertiary/aromatic N) is 5. The van der Waals surface area contributed by atoms with Gasteiger partial charge in [0, 0.05) is 30.9 Å². The molecule has 0 aromatic carbocycles. The molecule has 0 unspecified atom stereocenters. The standard InChI is InChI=1S/C29H32N6O3/c1-17-12-31-27(11-23(17)20(4)36)29(37)32-14-22-10-26-21(13-30-22)8-9-25(33-26)24-6-5-7-28(34-24)35-15-18(2)38-19(3)16-35/h5-13,18-20,36H,14-16H2,1-4H3,(H,32,37)/t18-,19+,20-/m0/s1. The second kappa shape index (κ2) is 10.8. The van der Waals surface area contributed by atoms with Crippen LogP contribution in [-0.2, 0) is 11.3 Å². The normalized spacial score (nSPS) is 18.4. The average molecular weight is 513 g/mol. The van der Waals surface area contributed by atoms with Crippen LogP contribution in [0.1, 0.15) is 54.2 Å². The molecule has 3 atom stereocenters. The van der Waals surface area contributed by atoms with Crippen molar-refractivity contribution in [3.05, 3.63) is 77.4 Å². The van der Waals surface area contributed by atoms with E-state index >= 15 is 0 Å². The van der Waals surface area contributed by atoms with E-state index in [1.54, 1.807) is 25.4 Å². The van der Waals surface area contributed by atoms with Gasteiger partial charge in [0.1, 0.15) is 11.5 Å². The van der Waals surface area contributed by atoms with Gasteiger partial charge in [0.15, 0.2) is 0 Å². The van der Waals surface area contributed by atoms with E-state index in [1.165, 1.54) is 0 Å². The van der Waals surface area contributed by atoms with E-state index in [0.717, 1.165) is 46.8 Å². The maximum Gasteiger partial charge on any atom is 0.270 e. The zero-order chi connectivity index (χ0) is 26.8. The molecule has 0 bridgehead atoms. The summed E-state index contributed by atoms with van der Waals surface area (Å²) in [5, 5.41) is 13.7. The van der Waals surface area contributed by atoms with Crippen molar-refractivity contribution < 1.29 is 14.6 Å². The summed E-state index contributed by atoms with van der Waals surface area (Å²) >= 11 is 0. The van der Waals surface area contributed by atoms with E-state index < -0.39 is 6.10 Å². The molecule has 38 heavy (non-hydrogen) atoms. The summed E-state index contributed by atoms with van der Waals surface area (Å²) in [6, 6.07) is 13.4. The summed E-state index contributed by atoms with van der Waals surface area (Å²) in [6.07, 6.45) is 2.97. The molecule has 0 spiro atoms. The van der Waals surface area contributed by atoms with Crippen LogP contribution in [0.25, 0.3) is 22.3 Å². The molecule has 0 radical (unpaired) electrons. The van der Waals surface area contributed by atoms with Crippen molar-refractivity contribution in [3.8, 4) is 11.4 Å². The van der Waals surface area contributed by atoms with E-state index in [2.05, 4.69) is 34.0 Å². The molecule has 1 amide bonds. The number of anilines is 1. The summed E-state index contributed by atoms with van der Waals surface area (Å²) in [5.74, 6) is 0.580. The van der Waals surface area contributed by atoms with Crippen LogP contribution >= 0.6 is 0 Å². The Bertz CT molecular complexity index is 1460. The second-order valence-electron chi connectivity index (χ2n) is 9.89. The van der Waals surface area contributed by atoms with Gasteiger partial charge in [0.2, 0.25) is 0 Å². The van der Waals surface area contributed by atoms with Gasteiger partial charge in [0.05, 0.1) is 47.5 Å². The van der Waals surface area contributed by atoms with Crippen molar-refractivity contribution in [2.45, 2.75) is 52.6 Å². The molecule has 0 aliphatic carbocycles. The summed E-state index contributed by atoms with van der Waals surface area (Å²) in [4.78, 5) is 33.4. The van der Waals surface area contributed by atoms with Crippen LogP contribution in [0.4, 0.5) is 5.82 Å². The van der Waals surface area contributed by atoms with Crippen molar-refractivity contribution in [2.75, 3.05) is 18.0 Å². The minimum atomic E-state index is -0.678. The van der Waals surface area contributed by atoms with Gasteiger partial charge in [-0.05, 0) is 75.2 Å². The zero-order valence-electron chi connectivity index (χ0n) is 22.0. The van der Waals surface area contributed by atoms with Crippen LogP contribution < -0.4 is 10.2 Å². The van der Waals surface area contributed by atoms with E-state index in [-0.39, 0.29) is 30.4 Å². The van der Waals surface area contributed by atoms with Gasteiger partial charge in [-0.3, -0.25) is 14.8 Å². The van der Waals surface area contributed by atoms with Crippen molar-refractivity contribution in [1.29, 1.82) is 0 Å². The van der Waals surface area contributed by atoms with Crippen LogP contribution in [0, 0.1) is 6.92 Å². The number of ether oxygens (including phenoxy) is 1. The number of hydrogen-bond donors (Lipinski definition) is 2. The SMILES string of the molecule is Cc1cnc(C(=O)NCc2cc3nc(-c4cccc(N5C[C@@H](C)O[C@@H](C)C5)n4)ccc3cn2)cc1[C@H](C)O. The number of carbonyl (C=O) groups is 1. The summed E-state index contributed by atoms with van der Waals surface area (Å²) in [6.45, 7) is 9.49. The van der Waals surface area contributed by atoms with Crippen LogP contribution in [0.5, 0.6) is 0 Å². The first kappa shape index (κ1) is 25.7. The third kappa shape index (κ3) is 5.64. The molecule has 2 N–H and O–H groups in total. The first-order valence-corrected chi connectivity index (χ1v) is 12.8. The van der Waals surface area contributed by atoms with Gasteiger partial charge in [-0.2, -0.15) is 0 Å². The van der Waals surface area contributed by atoms with E-state index in [4.69, 9.17) is 14.7 Å². The molecule has 5 heterocycles. The Hall–Kier alpha value is -3.95. The Morgan fingerprint density at radius 2 is 1.84 bits per heavy atom. The van der Waals surface area contributed by atoms with Crippen molar-refractivity contribution in [2.24, 2.45) is 0 Å². The van der Waals surface area contributed by atoms with Gasteiger partial charge < -0.3 is 20.1 Å². The van der Waals surface area contributed by atoms with E-state index in [1.807, 2.05) is 43.3 Å². The highest BCUT2D eigenvalue weighted by Gasteiger charge is 2.23. The number of pyridine rings is 4. The van der Waals surface area contributed by atoms with E-state index in [9.17, 15) is 9.90 Å². The fourth-order valence-corrected chi connectivity index (χ4v) is 4.78. The molecular formula is C29H32N6O3. The topological polar surface area (TPSA) is 113 Å². The molecule has 196 valence electrons. The predicted octanol–water partition coefficient (Wildman–Crippen LogP) is 3.99. The lowest BCUT2D eigenvalue weighted by atomic mass is 10.1. The van der Waals surface area contributed by atoms with Gasteiger partial charge in [-0.1, -0.05) is 6.07 Å². The Morgan fingerprint density at radius 3 is 2.61 bits per heavy atom. The van der Waals surface area contributed by atoms with Gasteiger partial charge in [-0.15, -0.1) is 0 Å². The maximum atomic E-state index is 12.7. The fraction of sp³-hybridized carbons (Fsp3) is 0.345. The number of fused-ring (bicyclic) bond motifs is 1. The van der Waals surface area contributed by atoms with Gasteiger partial charge in [0.25, 0.3) is 5.91 Å². The molecule has 1 saturated heterocycles. The third-order valence-electron chi connectivity index (χ3n) is 6.63. The maximum absolute atomic E-state index is 12.7. The number of nitrogens with one attached hydrogen (secondary N) is 1. The zero-order valence-corrected chi connectivity index (χ0v) is 22.0. The predicted molar refractivity (Wildman–Crippen MR) is 146 cm³/mol. The van der Waals surface area contributed by atoms with Gasteiger partial charge >= 0.3 is 0 Å². The van der Waals surface area contributed by atoms with Crippen molar-refractivity contribution >= 4 is 22.6 Å². The van der Waals surface area contributed by atoms with Crippen LogP contribution in [-0.4, -0.2) is 56.2 Å². The van der Waals surface area contributed by atoms with E-state index in [0.29, 0.717) is 11.3 Å². The molecule has 1 aliphatic heterocycles. The fourth-order valence-electron chi connectivity index (χ4n) is 4.78. The number of morpholine rings is 1. The van der Waals surface area contributed by atoms with Crippen molar-refractivity contribution in [1.82, 2.24) is 25.3 Å². The number of aryl methyl sites for hydroxylation is 1. The lowest BCUT2D eigenvalue weighted by Crippen LogP contribution is -2.45. The highest BCUT2D eigenvalue weighted by Crippen LogP contribution is 2.24. The number of amides is 1. The monoisotopic (exact) mass is 512 g/mol. The minimum absolute atomic E-state index is 0.150. The largest absolute Gasteiger partial charge is 0.389 e. The molecule has 0 saturated carbocycles. The second-order valence-corrected chi connectivity index (χ2v) is 9.89. The lowest BCUT2D eigenvalue weighted by molar-refractivity contribution is -0.00545. The number of rotatable bonds is 6. The quantitative estimate of drug-likeness (QED) is 0.399. The van der Waals surface area contributed by atoms with Gasteiger partial charge in [-0.25, -0.2) is 9.97 Å². The minimum Gasteiger partial charge on any atom is -0.389 e. The first-order chi connectivity index (χ1) is 18.3. The number of aromatic nitrogens is 4. The van der Waals surface area contributed by atoms with Crippen LogP contribution in [0.2, 0.25) is 0 Å². The van der Waals surface area contributed by atoms with Crippen LogP contribution in [0.3, 0.4) is 0 Å². The van der Waals surface area contributed by atoms with Crippen LogP contribution in [0.15, 0.2) is 54.9 Å². The first-order valence-electron chi connectivity index (χ1n) is 12.8. The number of aliphatic hydroxyl groups excluding tert-OH is 1. The number of aliphatic hydroxyl groups is 1.